The first-order valence-corrected chi connectivity index (χ1v) is 12.7. The van der Waals surface area contributed by atoms with Crippen LogP contribution in [0.3, 0.4) is 0 Å². The molecule has 0 bridgehead atoms. The number of aryl methyl sites for hydroxylation is 1. The zero-order chi connectivity index (χ0) is 23.3. The maximum absolute atomic E-state index is 12.2. The lowest BCUT2D eigenvalue weighted by atomic mass is 9.98. The van der Waals surface area contributed by atoms with Crippen molar-refractivity contribution in [1.82, 2.24) is 19.4 Å². The van der Waals surface area contributed by atoms with Crippen molar-refractivity contribution >= 4 is 23.0 Å². The fraction of sp³-hybridized carbons (Fsp3) is 0.577. The average Bonchev–Trinajstić information content (AvgIpc) is 3.42. The topological polar surface area (TPSA) is 85.4 Å². The monoisotopic (exact) mass is 465 g/mol. The van der Waals surface area contributed by atoms with Crippen LogP contribution in [0, 0.1) is 6.92 Å². The second-order valence-electron chi connectivity index (χ2n) is 9.62. The highest BCUT2D eigenvalue weighted by molar-refractivity contribution is 5.78. The highest BCUT2D eigenvalue weighted by Gasteiger charge is 2.23. The molecule has 1 N–H and O–H groups in total. The number of nitrogens with one attached hydrogen (secondary N) is 1. The molecule has 182 valence electrons. The van der Waals surface area contributed by atoms with Crippen LogP contribution in [-0.4, -0.2) is 57.2 Å². The van der Waals surface area contributed by atoms with Crippen LogP contribution in [0.5, 0.6) is 0 Å². The minimum absolute atomic E-state index is 0.0384. The van der Waals surface area contributed by atoms with E-state index in [9.17, 15) is 4.79 Å². The van der Waals surface area contributed by atoms with Crippen LogP contribution in [0.1, 0.15) is 63.0 Å². The van der Waals surface area contributed by atoms with Crippen molar-refractivity contribution < 1.29 is 13.9 Å². The lowest BCUT2D eigenvalue weighted by Crippen LogP contribution is -2.40. The van der Waals surface area contributed by atoms with Gasteiger partial charge in [0.25, 0.3) is 0 Å². The summed E-state index contributed by atoms with van der Waals surface area (Å²) in [5, 5.41) is 3.68. The number of hydrogen-bond acceptors (Lipinski definition) is 7. The summed E-state index contributed by atoms with van der Waals surface area (Å²) < 4.78 is 13.6. The number of fused-ring (bicyclic) bond motifs is 1. The molecule has 8 heteroatoms. The Balaban J connectivity index is 1.14. The molecule has 0 spiro atoms. The molecule has 34 heavy (non-hydrogen) atoms. The Morgan fingerprint density at radius 3 is 2.71 bits per heavy atom. The molecule has 0 amide bonds. The van der Waals surface area contributed by atoms with Crippen LogP contribution in [0.4, 0.5) is 5.95 Å². The van der Waals surface area contributed by atoms with E-state index in [1.165, 1.54) is 19.3 Å². The van der Waals surface area contributed by atoms with Gasteiger partial charge in [0.1, 0.15) is 11.9 Å². The zero-order valence-electron chi connectivity index (χ0n) is 20.0. The molecule has 1 aliphatic carbocycles. The first kappa shape index (κ1) is 22.9. The minimum Gasteiger partial charge on any atom is -0.462 e. The average molecular weight is 466 g/mol. The minimum atomic E-state index is -0.0384. The number of imidazole rings is 1. The van der Waals surface area contributed by atoms with E-state index in [0.29, 0.717) is 24.9 Å². The van der Waals surface area contributed by atoms with E-state index in [4.69, 9.17) is 14.1 Å². The number of ether oxygens (including phenoxy) is 1. The van der Waals surface area contributed by atoms with Crippen LogP contribution in [0.2, 0.25) is 0 Å². The standard InChI is InChI=1S/C26H35N5O3/c1-19-27-17-22(33-19)18-31-24-10-6-5-9-23(24)29-26(31)28-20-11-14-30(15-12-20)16-13-25(32)34-21-7-3-2-4-8-21/h5-6,9-10,17,20-21H,2-4,7-8,11-16,18H2,1H3,(H,28,29). The quantitative estimate of drug-likeness (QED) is 0.490. The molecule has 2 fully saturated rings. The molecule has 0 unspecified atom stereocenters. The number of esters is 1. The predicted octanol–water partition coefficient (Wildman–Crippen LogP) is 4.52. The molecule has 0 radical (unpaired) electrons. The lowest BCUT2D eigenvalue weighted by Gasteiger charge is -2.32. The summed E-state index contributed by atoms with van der Waals surface area (Å²) in [5.74, 6) is 2.32. The Labute approximate surface area is 200 Å². The van der Waals surface area contributed by atoms with Gasteiger partial charge in [-0.15, -0.1) is 0 Å². The van der Waals surface area contributed by atoms with Crippen molar-refractivity contribution in [2.24, 2.45) is 0 Å². The molecule has 3 aromatic rings. The third-order valence-corrected chi connectivity index (χ3v) is 7.04. The number of likely N-dealkylation sites (tertiary alicyclic amines) is 1. The maximum atomic E-state index is 12.2. The summed E-state index contributed by atoms with van der Waals surface area (Å²) in [7, 11) is 0. The number of oxazole rings is 1. The van der Waals surface area contributed by atoms with Gasteiger partial charge in [0.05, 0.1) is 30.2 Å². The molecule has 1 saturated heterocycles. The van der Waals surface area contributed by atoms with Gasteiger partial charge in [-0.1, -0.05) is 18.6 Å². The maximum Gasteiger partial charge on any atom is 0.307 e. The van der Waals surface area contributed by atoms with Crippen molar-refractivity contribution in [2.75, 3.05) is 25.0 Å². The normalized spacial score (nSPS) is 18.4. The summed E-state index contributed by atoms with van der Waals surface area (Å²) in [5.41, 5.74) is 2.04. The first-order valence-electron chi connectivity index (χ1n) is 12.7. The van der Waals surface area contributed by atoms with Gasteiger partial charge < -0.3 is 23.9 Å². The molecule has 1 aliphatic heterocycles. The Kier molecular flexibility index (Phi) is 7.13. The Hall–Kier alpha value is -2.87. The summed E-state index contributed by atoms with van der Waals surface area (Å²) in [6.07, 6.45) is 10.2. The summed E-state index contributed by atoms with van der Waals surface area (Å²) in [6, 6.07) is 8.52. The summed E-state index contributed by atoms with van der Waals surface area (Å²) >= 11 is 0. The zero-order valence-corrected chi connectivity index (χ0v) is 20.0. The lowest BCUT2D eigenvalue weighted by molar-refractivity contribution is -0.150. The number of benzene rings is 1. The Bertz CT molecular complexity index is 1090. The number of hydrogen-bond donors (Lipinski definition) is 1. The van der Waals surface area contributed by atoms with E-state index < -0.39 is 0 Å². The van der Waals surface area contributed by atoms with E-state index in [1.54, 1.807) is 6.20 Å². The number of para-hydroxylation sites is 2. The van der Waals surface area contributed by atoms with Gasteiger partial charge >= 0.3 is 5.97 Å². The van der Waals surface area contributed by atoms with Gasteiger partial charge in [-0.3, -0.25) is 4.79 Å². The van der Waals surface area contributed by atoms with E-state index in [2.05, 4.69) is 25.8 Å². The smallest absolute Gasteiger partial charge is 0.307 e. The molecular weight excluding hydrogens is 430 g/mol. The van der Waals surface area contributed by atoms with Crippen LogP contribution in [0.15, 0.2) is 34.9 Å². The fourth-order valence-corrected chi connectivity index (χ4v) is 5.14. The largest absolute Gasteiger partial charge is 0.462 e. The highest BCUT2D eigenvalue weighted by Crippen LogP contribution is 2.24. The van der Waals surface area contributed by atoms with Gasteiger partial charge in [-0.05, 0) is 50.7 Å². The molecule has 2 aromatic heterocycles. The second-order valence-corrected chi connectivity index (χ2v) is 9.62. The predicted molar refractivity (Wildman–Crippen MR) is 131 cm³/mol. The molecule has 1 aromatic carbocycles. The Morgan fingerprint density at radius 2 is 1.94 bits per heavy atom. The van der Waals surface area contributed by atoms with Crippen LogP contribution in [0.25, 0.3) is 11.0 Å². The van der Waals surface area contributed by atoms with Gasteiger partial charge in [-0.2, -0.15) is 0 Å². The molecule has 1 saturated carbocycles. The molecule has 0 atom stereocenters. The number of piperidine rings is 1. The fourth-order valence-electron chi connectivity index (χ4n) is 5.14. The number of rotatable bonds is 8. The van der Waals surface area contributed by atoms with Crippen molar-refractivity contribution in [1.29, 1.82) is 0 Å². The van der Waals surface area contributed by atoms with Crippen molar-refractivity contribution in [2.45, 2.75) is 77.0 Å². The highest BCUT2D eigenvalue weighted by atomic mass is 16.5. The molecule has 2 aliphatic rings. The molecule has 3 heterocycles. The number of anilines is 1. The molecule has 8 nitrogen and oxygen atoms in total. The van der Waals surface area contributed by atoms with E-state index in [1.807, 2.05) is 25.1 Å². The summed E-state index contributed by atoms with van der Waals surface area (Å²) in [6.45, 7) is 5.16. The van der Waals surface area contributed by atoms with Crippen molar-refractivity contribution in [3.05, 3.63) is 42.1 Å². The van der Waals surface area contributed by atoms with Crippen LogP contribution < -0.4 is 5.32 Å². The summed E-state index contributed by atoms with van der Waals surface area (Å²) in [4.78, 5) is 23.7. The second kappa shape index (κ2) is 10.6. The number of carbonyl (C=O) groups excluding carboxylic acids is 1. The van der Waals surface area contributed by atoms with Crippen molar-refractivity contribution in [3.8, 4) is 0 Å². The van der Waals surface area contributed by atoms with Gasteiger partial charge in [0.15, 0.2) is 5.89 Å². The van der Waals surface area contributed by atoms with Gasteiger partial charge in [0, 0.05) is 32.6 Å². The van der Waals surface area contributed by atoms with Crippen LogP contribution in [-0.2, 0) is 16.1 Å². The van der Waals surface area contributed by atoms with Crippen molar-refractivity contribution in [3.63, 3.8) is 0 Å². The Morgan fingerprint density at radius 1 is 1.15 bits per heavy atom. The van der Waals surface area contributed by atoms with E-state index in [-0.39, 0.29) is 12.1 Å². The van der Waals surface area contributed by atoms with E-state index in [0.717, 1.165) is 68.1 Å². The molecule has 5 rings (SSSR count). The SMILES string of the molecule is Cc1ncc(Cn2c(NC3CCN(CCC(=O)OC4CCCCC4)CC3)nc3ccccc32)o1. The third-order valence-electron chi connectivity index (χ3n) is 7.04. The van der Waals surface area contributed by atoms with Gasteiger partial charge in [-0.25, -0.2) is 9.97 Å². The molecular formula is C26H35N5O3. The first-order chi connectivity index (χ1) is 16.6. The third kappa shape index (κ3) is 5.60. The van der Waals surface area contributed by atoms with E-state index >= 15 is 0 Å². The number of carbonyl (C=O) groups is 1. The number of nitrogens with zero attached hydrogens (tertiary/aromatic N) is 4. The van der Waals surface area contributed by atoms with Gasteiger partial charge in [0.2, 0.25) is 5.95 Å². The van der Waals surface area contributed by atoms with Crippen LogP contribution >= 0.6 is 0 Å². The number of aromatic nitrogens is 3.